The molecule has 144 valence electrons. The number of benzene rings is 2. The highest BCUT2D eigenvalue weighted by molar-refractivity contribution is 6.32. The van der Waals surface area contributed by atoms with Crippen molar-refractivity contribution in [3.63, 3.8) is 0 Å². The zero-order valence-electron chi connectivity index (χ0n) is 15.7. The van der Waals surface area contributed by atoms with Crippen LogP contribution in [-0.4, -0.2) is 33.8 Å². The molecule has 6 nitrogen and oxygen atoms in total. The number of anilines is 1. The second kappa shape index (κ2) is 9.73. The molecule has 0 heterocycles. The zero-order chi connectivity index (χ0) is 19.8. The average Bonchev–Trinajstić information content (AvgIpc) is 2.67. The van der Waals surface area contributed by atoms with E-state index in [0.29, 0.717) is 33.7 Å². The summed E-state index contributed by atoms with van der Waals surface area (Å²) in [4.78, 5) is 12.3. The van der Waals surface area contributed by atoms with Gasteiger partial charge in [0.05, 0.1) is 32.0 Å². The molecule has 0 bridgehead atoms. The lowest BCUT2D eigenvalue weighted by Gasteiger charge is -2.14. The van der Waals surface area contributed by atoms with Crippen molar-refractivity contribution in [1.29, 1.82) is 0 Å². The number of hydrogen-bond donors (Lipinski definition) is 1. The quantitative estimate of drug-likeness (QED) is 0.721. The first-order valence-corrected chi connectivity index (χ1v) is 8.55. The van der Waals surface area contributed by atoms with Gasteiger partial charge in [0.2, 0.25) is 0 Å². The number of allylic oxidation sites excluding steroid dienone is 1. The Bertz CT molecular complexity index is 835. The van der Waals surface area contributed by atoms with Gasteiger partial charge in [-0.2, -0.15) is 0 Å². The van der Waals surface area contributed by atoms with Crippen LogP contribution in [0.5, 0.6) is 23.0 Å². The molecule has 7 heteroatoms. The minimum absolute atomic E-state index is 0.202. The summed E-state index contributed by atoms with van der Waals surface area (Å²) < 4.78 is 21.3. The van der Waals surface area contributed by atoms with Crippen molar-refractivity contribution in [2.45, 2.75) is 6.92 Å². The Morgan fingerprint density at radius 1 is 1.00 bits per heavy atom. The van der Waals surface area contributed by atoms with E-state index >= 15 is 0 Å². The van der Waals surface area contributed by atoms with Crippen LogP contribution in [0.2, 0.25) is 5.02 Å². The van der Waals surface area contributed by atoms with Gasteiger partial charge in [-0.15, -0.1) is 0 Å². The van der Waals surface area contributed by atoms with Gasteiger partial charge >= 0.3 is 0 Å². The number of ether oxygens (including phenoxy) is 4. The number of halogens is 1. The second-order valence-electron chi connectivity index (χ2n) is 5.43. The van der Waals surface area contributed by atoms with Crippen LogP contribution in [0.3, 0.4) is 0 Å². The van der Waals surface area contributed by atoms with Crippen LogP contribution < -0.4 is 24.3 Å². The van der Waals surface area contributed by atoms with Crippen LogP contribution in [0.4, 0.5) is 5.69 Å². The van der Waals surface area contributed by atoms with Crippen molar-refractivity contribution in [2.75, 3.05) is 33.3 Å². The lowest BCUT2D eigenvalue weighted by atomic mass is 10.2. The van der Waals surface area contributed by atoms with Crippen LogP contribution in [-0.2, 0) is 4.79 Å². The van der Waals surface area contributed by atoms with E-state index in [9.17, 15) is 4.79 Å². The van der Waals surface area contributed by atoms with E-state index in [4.69, 9.17) is 30.5 Å². The number of carbonyl (C=O) groups is 1. The maximum Gasteiger partial charge on any atom is 0.262 e. The SMILES string of the molecule is C/C=C/c1ccc(OCC(=O)Nc2cc(Cl)c(OC)cc2OC)c(OC)c1. The molecule has 0 atom stereocenters. The van der Waals surface area contributed by atoms with Crippen molar-refractivity contribution in [3.05, 3.63) is 47.0 Å². The summed E-state index contributed by atoms with van der Waals surface area (Å²) >= 11 is 6.11. The van der Waals surface area contributed by atoms with Crippen LogP contribution in [0.1, 0.15) is 12.5 Å². The monoisotopic (exact) mass is 391 g/mol. The third-order valence-electron chi connectivity index (χ3n) is 3.65. The fourth-order valence-corrected chi connectivity index (χ4v) is 2.63. The highest BCUT2D eigenvalue weighted by Crippen LogP contribution is 2.36. The molecule has 0 radical (unpaired) electrons. The molecule has 27 heavy (non-hydrogen) atoms. The molecular weight excluding hydrogens is 370 g/mol. The zero-order valence-corrected chi connectivity index (χ0v) is 16.4. The third-order valence-corrected chi connectivity index (χ3v) is 3.95. The van der Waals surface area contributed by atoms with Crippen molar-refractivity contribution < 1.29 is 23.7 Å². The fourth-order valence-electron chi connectivity index (χ4n) is 2.39. The first kappa shape index (κ1) is 20.5. The molecule has 0 fully saturated rings. The molecule has 1 N–H and O–H groups in total. The summed E-state index contributed by atoms with van der Waals surface area (Å²) in [6.45, 7) is 1.73. The molecule has 1 amide bonds. The van der Waals surface area contributed by atoms with Gasteiger partial charge in [0.1, 0.15) is 11.5 Å². The molecule has 0 aliphatic carbocycles. The Morgan fingerprint density at radius 3 is 2.33 bits per heavy atom. The van der Waals surface area contributed by atoms with E-state index in [0.717, 1.165) is 5.56 Å². The Balaban J connectivity index is 2.08. The van der Waals surface area contributed by atoms with Gasteiger partial charge in [0, 0.05) is 6.07 Å². The van der Waals surface area contributed by atoms with Crippen LogP contribution in [0.25, 0.3) is 6.08 Å². The molecule has 0 unspecified atom stereocenters. The van der Waals surface area contributed by atoms with E-state index in [1.54, 1.807) is 25.3 Å². The normalized spacial score (nSPS) is 10.6. The second-order valence-corrected chi connectivity index (χ2v) is 5.84. The van der Waals surface area contributed by atoms with E-state index in [-0.39, 0.29) is 12.5 Å². The van der Waals surface area contributed by atoms with Gasteiger partial charge in [-0.25, -0.2) is 0 Å². The predicted octanol–water partition coefficient (Wildman–Crippen LogP) is 4.42. The maximum atomic E-state index is 12.3. The van der Waals surface area contributed by atoms with Crippen molar-refractivity contribution in [2.24, 2.45) is 0 Å². The van der Waals surface area contributed by atoms with Gasteiger partial charge in [0.25, 0.3) is 5.91 Å². The van der Waals surface area contributed by atoms with Crippen molar-refractivity contribution in [1.82, 2.24) is 0 Å². The Labute approximate surface area is 163 Å². The number of methoxy groups -OCH3 is 3. The summed E-state index contributed by atoms with van der Waals surface area (Å²) in [6, 6.07) is 8.62. The molecule has 2 rings (SSSR count). The first-order chi connectivity index (χ1) is 13.0. The fraction of sp³-hybridized carbons (Fsp3) is 0.250. The van der Waals surface area contributed by atoms with E-state index < -0.39 is 0 Å². The summed E-state index contributed by atoms with van der Waals surface area (Å²) in [6.07, 6.45) is 3.87. The number of carbonyl (C=O) groups excluding carboxylic acids is 1. The standard InChI is InChI=1S/C20H22ClNO5/c1-5-6-13-7-8-16(19(9-13)26-4)27-12-20(23)22-15-10-14(21)17(24-2)11-18(15)25-3/h5-11H,12H2,1-4H3,(H,22,23)/b6-5+. The molecule has 0 saturated carbocycles. The Kier molecular flexibility index (Phi) is 7.37. The van der Waals surface area contributed by atoms with E-state index in [2.05, 4.69) is 5.32 Å². The van der Waals surface area contributed by atoms with E-state index in [1.807, 2.05) is 31.2 Å². The van der Waals surface area contributed by atoms with Gasteiger partial charge in [-0.05, 0) is 30.7 Å². The molecule has 0 aromatic heterocycles. The number of rotatable bonds is 8. The molecule has 0 aliphatic rings. The van der Waals surface area contributed by atoms with Gasteiger partial charge in [-0.3, -0.25) is 4.79 Å². The smallest absolute Gasteiger partial charge is 0.262 e. The van der Waals surface area contributed by atoms with Crippen LogP contribution >= 0.6 is 11.6 Å². The minimum atomic E-state index is -0.367. The average molecular weight is 392 g/mol. The number of hydrogen-bond acceptors (Lipinski definition) is 5. The lowest BCUT2D eigenvalue weighted by Crippen LogP contribution is -2.20. The predicted molar refractivity (Wildman–Crippen MR) is 106 cm³/mol. The summed E-state index contributed by atoms with van der Waals surface area (Å²) in [5.74, 6) is 1.53. The lowest BCUT2D eigenvalue weighted by molar-refractivity contribution is -0.118. The van der Waals surface area contributed by atoms with Gasteiger partial charge in [0.15, 0.2) is 18.1 Å². The minimum Gasteiger partial charge on any atom is -0.495 e. The largest absolute Gasteiger partial charge is 0.495 e. The highest BCUT2D eigenvalue weighted by atomic mass is 35.5. The maximum absolute atomic E-state index is 12.3. The van der Waals surface area contributed by atoms with Gasteiger partial charge in [-0.1, -0.05) is 29.8 Å². The van der Waals surface area contributed by atoms with Gasteiger partial charge < -0.3 is 24.3 Å². The molecule has 0 saturated heterocycles. The first-order valence-electron chi connectivity index (χ1n) is 8.17. The number of nitrogens with one attached hydrogen (secondary N) is 1. The molecule has 0 aliphatic heterocycles. The topological polar surface area (TPSA) is 66.0 Å². The summed E-state index contributed by atoms with van der Waals surface area (Å²) in [5.41, 5.74) is 1.40. The molecular formula is C20H22ClNO5. The Hall–Kier alpha value is -2.86. The van der Waals surface area contributed by atoms with E-state index in [1.165, 1.54) is 14.2 Å². The van der Waals surface area contributed by atoms with Crippen LogP contribution in [0, 0.1) is 0 Å². The van der Waals surface area contributed by atoms with Crippen molar-refractivity contribution >= 4 is 29.3 Å². The summed E-state index contributed by atoms with van der Waals surface area (Å²) in [7, 11) is 4.54. The third kappa shape index (κ3) is 5.31. The highest BCUT2D eigenvalue weighted by Gasteiger charge is 2.14. The number of amides is 1. The molecule has 2 aromatic rings. The molecule has 0 spiro atoms. The Morgan fingerprint density at radius 2 is 1.70 bits per heavy atom. The summed E-state index contributed by atoms with van der Waals surface area (Å²) in [5, 5.41) is 3.07. The van der Waals surface area contributed by atoms with Crippen molar-refractivity contribution in [3.8, 4) is 23.0 Å². The molecule has 2 aromatic carbocycles. The van der Waals surface area contributed by atoms with Crippen LogP contribution in [0.15, 0.2) is 36.4 Å².